The van der Waals surface area contributed by atoms with Crippen LogP contribution in [0.1, 0.15) is 11.1 Å². The summed E-state index contributed by atoms with van der Waals surface area (Å²) in [7, 11) is 4.83. The summed E-state index contributed by atoms with van der Waals surface area (Å²) >= 11 is 0. The number of aromatic nitrogens is 2. The minimum Gasteiger partial charge on any atom is -0.493 e. The van der Waals surface area contributed by atoms with Gasteiger partial charge in [0.25, 0.3) is 0 Å². The fourth-order valence-corrected chi connectivity index (χ4v) is 3.66. The Morgan fingerprint density at radius 1 is 1.07 bits per heavy atom. The fourth-order valence-electron chi connectivity index (χ4n) is 3.66. The Balaban J connectivity index is 1.63. The van der Waals surface area contributed by atoms with Crippen molar-refractivity contribution in [2.24, 2.45) is 0 Å². The highest BCUT2D eigenvalue weighted by Gasteiger charge is 2.20. The maximum Gasteiger partial charge on any atom is 0.203 e. The summed E-state index contributed by atoms with van der Waals surface area (Å²) in [5.41, 5.74) is 4.16. The zero-order chi connectivity index (χ0) is 20.2. The van der Waals surface area contributed by atoms with E-state index in [0.29, 0.717) is 23.9 Å². The van der Waals surface area contributed by atoms with Crippen molar-refractivity contribution in [1.29, 1.82) is 0 Å². The lowest BCUT2D eigenvalue weighted by molar-refractivity contribution is 0.220. The molecular formula is C22H25N3O4. The molecule has 2 aromatic carbocycles. The number of nitrogens with one attached hydrogen (secondary N) is 1. The second kappa shape index (κ2) is 8.45. The predicted molar refractivity (Wildman–Crippen MR) is 110 cm³/mol. The number of benzene rings is 2. The first kappa shape index (κ1) is 19.1. The Labute approximate surface area is 170 Å². The van der Waals surface area contributed by atoms with Crippen molar-refractivity contribution in [2.75, 3.05) is 34.5 Å². The normalized spacial score (nSPS) is 13.9. The molecule has 1 aromatic heterocycles. The van der Waals surface area contributed by atoms with Crippen LogP contribution < -0.4 is 18.9 Å². The van der Waals surface area contributed by atoms with Gasteiger partial charge in [0.15, 0.2) is 11.5 Å². The van der Waals surface area contributed by atoms with Gasteiger partial charge in [-0.3, -0.25) is 10.00 Å². The molecular weight excluding hydrogens is 370 g/mol. The summed E-state index contributed by atoms with van der Waals surface area (Å²) in [6.07, 6.45) is 1.87. The molecule has 7 heteroatoms. The number of methoxy groups -OCH3 is 3. The van der Waals surface area contributed by atoms with Crippen molar-refractivity contribution in [3.05, 3.63) is 53.7 Å². The van der Waals surface area contributed by atoms with Gasteiger partial charge in [-0.1, -0.05) is 18.2 Å². The predicted octanol–water partition coefficient (Wildman–Crippen LogP) is 3.50. The zero-order valence-corrected chi connectivity index (χ0v) is 16.9. The van der Waals surface area contributed by atoms with Crippen LogP contribution in [0.4, 0.5) is 0 Å². The number of ether oxygens (including phenoxy) is 4. The van der Waals surface area contributed by atoms with Crippen molar-refractivity contribution in [1.82, 2.24) is 15.1 Å². The van der Waals surface area contributed by atoms with Gasteiger partial charge in [0.05, 0.1) is 33.2 Å². The smallest absolute Gasteiger partial charge is 0.203 e. The van der Waals surface area contributed by atoms with Crippen molar-refractivity contribution < 1.29 is 18.9 Å². The van der Waals surface area contributed by atoms with Crippen LogP contribution in [-0.4, -0.2) is 49.6 Å². The molecule has 1 aliphatic rings. The van der Waals surface area contributed by atoms with Gasteiger partial charge in [0.2, 0.25) is 5.75 Å². The Hall–Kier alpha value is -3.19. The number of nitrogens with zero attached hydrogens (tertiary/aromatic N) is 2. The van der Waals surface area contributed by atoms with E-state index in [2.05, 4.69) is 21.2 Å². The topological polar surface area (TPSA) is 68.8 Å². The van der Waals surface area contributed by atoms with Crippen LogP contribution >= 0.6 is 0 Å². The lowest BCUT2D eigenvalue weighted by Crippen LogP contribution is -2.25. The number of H-pyrrole nitrogens is 1. The van der Waals surface area contributed by atoms with Crippen LogP contribution in [0, 0.1) is 0 Å². The monoisotopic (exact) mass is 395 g/mol. The second-order valence-electron chi connectivity index (χ2n) is 6.85. The number of hydrogen-bond acceptors (Lipinski definition) is 6. The van der Waals surface area contributed by atoms with Crippen molar-refractivity contribution in [3.8, 4) is 34.3 Å². The Bertz CT molecular complexity index is 961. The Morgan fingerprint density at radius 3 is 2.55 bits per heavy atom. The standard InChI is InChI=1S/C22H25N3O4/c1-26-19-10-16(11-20(27-2)22(19)28-3)21-17(12-23-24-21)14-25-8-9-29-18-7-5-4-6-15(18)13-25/h4-7,10-12H,8-9,13-14H2,1-3H3,(H,23,24). The molecule has 1 N–H and O–H groups in total. The van der Waals surface area contributed by atoms with Gasteiger partial charge in [-0.25, -0.2) is 0 Å². The van der Waals surface area contributed by atoms with E-state index in [0.717, 1.165) is 42.2 Å². The molecule has 1 aliphatic heterocycles. The molecule has 7 nitrogen and oxygen atoms in total. The third-order valence-corrected chi connectivity index (χ3v) is 5.10. The summed E-state index contributed by atoms with van der Waals surface area (Å²) in [5, 5.41) is 7.42. The largest absolute Gasteiger partial charge is 0.493 e. The number of rotatable bonds is 6. The molecule has 0 radical (unpaired) electrons. The maximum absolute atomic E-state index is 5.89. The van der Waals surface area contributed by atoms with Crippen molar-refractivity contribution in [3.63, 3.8) is 0 Å². The highest BCUT2D eigenvalue weighted by Crippen LogP contribution is 2.41. The van der Waals surface area contributed by atoms with E-state index in [1.165, 1.54) is 5.56 Å². The third kappa shape index (κ3) is 3.86. The molecule has 29 heavy (non-hydrogen) atoms. The summed E-state index contributed by atoms with van der Waals surface area (Å²) in [4.78, 5) is 2.36. The summed E-state index contributed by atoms with van der Waals surface area (Å²) in [5.74, 6) is 2.76. The number of para-hydroxylation sites is 1. The lowest BCUT2D eigenvalue weighted by atomic mass is 10.1. The first-order valence-electron chi connectivity index (χ1n) is 9.49. The van der Waals surface area contributed by atoms with Crippen molar-refractivity contribution >= 4 is 0 Å². The fraction of sp³-hybridized carbons (Fsp3) is 0.318. The molecule has 4 rings (SSSR count). The minimum absolute atomic E-state index is 0.570. The van der Waals surface area contributed by atoms with E-state index in [1.807, 2.05) is 36.5 Å². The molecule has 0 amide bonds. The molecule has 0 atom stereocenters. The Kier molecular flexibility index (Phi) is 5.57. The maximum atomic E-state index is 5.89. The molecule has 0 saturated heterocycles. The molecule has 0 fully saturated rings. The molecule has 0 bridgehead atoms. The molecule has 152 valence electrons. The summed E-state index contributed by atoms with van der Waals surface area (Å²) < 4.78 is 22.3. The molecule has 0 unspecified atom stereocenters. The van der Waals surface area contributed by atoms with Crippen LogP contribution in [0.2, 0.25) is 0 Å². The Morgan fingerprint density at radius 2 is 1.83 bits per heavy atom. The quantitative estimate of drug-likeness (QED) is 0.689. The van der Waals surface area contributed by atoms with Gasteiger partial charge in [-0.05, 0) is 18.2 Å². The molecule has 2 heterocycles. The van der Waals surface area contributed by atoms with Crippen LogP contribution in [0.15, 0.2) is 42.6 Å². The molecule has 0 spiro atoms. The number of aromatic amines is 1. The van der Waals surface area contributed by atoms with Crippen LogP contribution in [-0.2, 0) is 13.1 Å². The molecule has 0 saturated carbocycles. The van der Waals surface area contributed by atoms with Gasteiger partial charge in [0, 0.05) is 36.3 Å². The van der Waals surface area contributed by atoms with E-state index in [9.17, 15) is 0 Å². The summed E-state index contributed by atoms with van der Waals surface area (Å²) in [6, 6.07) is 12.1. The van der Waals surface area contributed by atoms with Crippen LogP contribution in [0.5, 0.6) is 23.0 Å². The molecule has 0 aliphatic carbocycles. The molecule has 3 aromatic rings. The van der Waals surface area contributed by atoms with E-state index in [4.69, 9.17) is 18.9 Å². The average molecular weight is 395 g/mol. The number of hydrogen-bond donors (Lipinski definition) is 1. The minimum atomic E-state index is 0.570. The van der Waals surface area contributed by atoms with Gasteiger partial charge >= 0.3 is 0 Å². The first-order valence-corrected chi connectivity index (χ1v) is 9.49. The third-order valence-electron chi connectivity index (χ3n) is 5.10. The van der Waals surface area contributed by atoms with E-state index in [1.54, 1.807) is 21.3 Å². The first-order chi connectivity index (χ1) is 14.2. The zero-order valence-electron chi connectivity index (χ0n) is 16.9. The lowest BCUT2D eigenvalue weighted by Gasteiger charge is -2.19. The van der Waals surface area contributed by atoms with Crippen molar-refractivity contribution in [2.45, 2.75) is 13.1 Å². The van der Waals surface area contributed by atoms with E-state index >= 15 is 0 Å². The highest BCUT2D eigenvalue weighted by atomic mass is 16.5. The SMILES string of the molecule is COc1cc(-c2[nH]ncc2CN2CCOc3ccccc3C2)cc(OC)c1OC. The van der Waals surface area contributed by atoms with E-state index in [-0.39, 0.29) is 0 Å². The number of fused-ring (bicyclic) bond motifs is 1. The average Bonchev–Trinajstić information content (AvgIpc) is 3.11. The second-order valence-corrected chi connectivity index (χ2v) is 6.85. The van der Waals surface area contributed by atoms with Gasteiger partial charge < -0.3 is 18.9 Å². The van der Waals surface area contributed by atoms with Gasteiger partial charge in [-0.2, -0.15) is 5.10 Å². The van der Waals surface area contributed by atoms with Gasteiger partial charge in [-0.15, -0.1) is 0 Å². The van der Waals surface area contributed by atoms with Crippen LogP contribution in [0.3, 0.4) is 0 Å². The van der Waals surface area contributed by atoms with Crippen LogP contribution in [0.25, 0.3) is 11.3 Å². The highest BCUT2D eigenvalue weighted by molar-refractivity contribution is 5.70. The van der Waals surface area contributed by atoms with Gasteiger partial charge in [0.1, 0.15) is 12.4 Å². The summed E-state index contributed by atoms with van der Waals surface area (Å²) in [6.45, 7) is 3.08. The van der Waals surface area contributed by atoms with E-state index < -0.39 is 0 Å².